The summed E-state index contributed by atoms with van der Waals surface area (Å²) in [6.45, 7) is 4.56. The van der Waals surface area contributed by atoms with Gasteiger partial charge in [0, 0.05) is 37.4 Å². The first-order chi connectivity index (χ1) is 12.7. The Hall–Kier alpha value is -2.42. The van der Waals surface area contributed by atoms with E-state index in [0.29, 0.717) is 0 Å². The van der Waals surface area contributed by atoms with Gasteiger partial charge < -0.3 is 15.0 Å². The molecule has 1 atom stereocenters. The smallest absolute Gasteiger partial charge is 0.141 e. The Balaban J connectivity index is 1.68. The zero-order valence-corrected chi connectivity index (χ0v) is 14.7. The first-order valence-electron chi connectivity index (χ1n) is 9.15. The molecule has 2 aliphatic heterocycles. The quantitative estimate of drug-likeness (QED) is 0.920. The average Bonchev–Trinajstić information content (AvgIpc) is 2.62. The van der Waals surface area contributed by atoms with Crippen molar-refractivity contribution in [3.8, 4) is 17.2 Å². The summed E-state index contributed by atoms with van der Waals surface area (Å²) in [7, 11) is 0. The van der Waals surface area contributed by atoms with E-state index >= 15 is 0 Å². The van der Waals surface area contributed by atoms with E-state index in [2.05, 4.69) is 28.4 Å². The second-order valence-corrected chi connectivity index (χ2v) is 6.90. The third-order valence-corrected chi connectivity index (χ3v) is 5.13. The Morgan fingerprint density at radius 2 is 2.12 bits per heavy atom. The summed E-state index contributed by atoms with van der Waals surface area (Å²) >= 11 is 0. The second-order valence-electron chi connectivity index (χ2n) is 6.90. The molecule has 2 aromatic carbocycles. The van der Waals surface area contributed by atoms with Gasteiger partial charge in [-0.1, -0.05) is 12.1 Å². The Morgan fingerprint density at radius 1 is 1.23 bits per heavy atom. The largest absolute Gasteiger partial charge is 0.375 e. The van der Waals surface area contributed by atoms with E-state index in [1.165, 1.54) is 18.1 Å². The molecule has 2 aromatic rings. The number of nitrogens with one attached hydrogen (secondary N) is 1. The predicted octanol–water partition coefficient (Wildman–Crippen LogP) is 3.11. The lowest BCUT2D eigenvalue weighted by Crippen LogP contribution is -2.39. The molecular formula is C21H22FN3O. The minimum atomic E-state index is -0.468. The summed E-state index contributed by atoms with van der Waals surface area (Å²) in [5.41, 5.74) is 4.23. The number of rotatable bonds is 4. The van der Waals surface area contributed by atoms with Gasteiger partial charge in [0.05, 0.1) is 18.3 Å². The first kappa shape index (κ1) is 17.0. The van der Waals surface area contributed by atoms with Crippen LogP contribution in [0.2, 0.25) is 0 Å². The molecule has 26 heavy (non-hydrogen) atoms. The van der Waals surface area contributed by atoms with Crippen molar-refractivity contribution >= 4 is 5.69 Å². The molecule has 4 rings (SSSR count). The first-order valence-corrected chi connectivity index (χ1v) is 9.15. The highest BCUT2D eigenvalue weighted by molar-refractivity contribution is 5.80. The summed E-state index contributed by atoms with van der Waals surface area (Å²) in [6.07, 6.45) is 2.19. The number of anilines is 1. The zero-order valence-electron chi connectivity index (χ0n) is 14.7. The fourth-order valence-electron chi connectivity index (χ4n) is 3.56. The third-order valence-electron chi connectivity index (χ3n) is 5.13. The van der Waals surface area contributed by atoms with E-state index in [-0.39, 0.29) is 11.7 Å². The molecule has 2 fully saturated rings. The van der Waals surface area contributed by atoms with Crippen molar-refractivity contribution in [3.05, 3.63) is 53.3 Å². The number of ether oxygens (including phenoxy) is 1. The van der Waals surface area contributed by atoms with E-state index < -0.39 is 5.82 Å². The fourth-order valence-corrected chi connectivity index (χ4v) is 3.56. The third kappa shape index (κ3) is 3.44. The number of nitrogens with zero attached hydrogens (tertiary/aromatic N) is 2. The van der Waals surface area contributed by atoms with Crippen LogP contribution in [0.3, 0.4) is 0 Å². The zero-order chi connectivity index (χ0) is 17.9. The van der Waals surface area contributed by atoms with Crippen LogP contribution in [0.5, 0.6) is 0 Å². The molecule has 0 radical (unpaired) electrons. The van der Waals surface area contributed by atoms with Crippen molar-refractivity contribution in [1.29, 1.82) is 5.26 Å². The molecule has 0 aromatic heterocycles. The van der Waals surface area contributed by atoms with Gasteiger partial charge in [-0.15, -0.1) is 0 Å². The maximum absolute atomic E-state index is 14.2. The molecule has 2 aliphatic rings. The molecular weight excluding hydrogens is 329 g/mol. The molecule has 1 N–H and O–H groups in total. The number of nitriles is 1. The van der Waals surface area contributed by atoms with Crippen molar-refractivity contribution in [2.75, 3.05) is 37.7 Å². The lowest BCUT2D eigenvalue weighted by molar-refractivity contribution is 0.0292. The highest BCUT2D eigenvalue weighted by atomic mass is 19.1. The van der Waals surface area contributed by atoms with E-state index in [1.54, 1.807) is 6.07 Å². The summed E-state index contributed by atoms with van der Waals surface area (Å²) in [5, 5.41) is 12.3. The van der Waals surface area contributed by atoms with Crippen LogP contribution >= 0.6 is 0 Å². The Morgan fingerprint density at radius 3 is 2.77 bits per heavy atom. The van der Waals surface area contributed by atoms with E-state index in [1.807, 2.05) is 12.1 Å². The fraction of sp³-hybridized carbons (Fsp3) is 0.381. The normalized spacial score (nSPS) is 19.7. The SMILES string of the molecule is N#Cc1ccc(-c2cc(CC3CNCCO3)ccc2N2CCC2)cc1F. The second kappa shape index (κ2) is 7.45. The van der Waals surface area contributed by atoms with E-state index in [4.69, 9.17) is 10.00 Å². The summed E-state index contributed by atoms with van der Waals surface area (Å²) in [5.74, 6) is -0.468. The van der Waals surface area contributed by atoms with Gasteiger partial charge in [-0.3, -0.25) is 0 Å². The van der Waals surface area contributed by atoms with Gasteiger partial charge in [-0.05, 0) is 48.2 Å². The average molecular weight is 351 g/mol. The predicted molar refractivity (Wildman–Crippen MR) is 99.7 cm³/mol. The minimum Gasteiger partial charge on any atom is -0.375 e. The van der Waals surface area contributed by atoms with Crippen molar-refractivity contribution in [2.24, 2.45) is 0 Å². The molecule has 0 spiro atoms. The summed E-state index contributed by atoms with van der Waals surface area (Å²) < 4.78 is 20.0. The number of hydrogen-bond donors (Lipinski definition) is 1. The van der Waals surface area contributed by atoms with Gasteiger partial charge in [0.1, 0.15) is 11.9 Å². The lowest BCUT2D eigenvalue weighted by Gasteiger charge is -2.35. The van der Waals surface area contributed by atoms with Crippen LogP contribution in [-0.2, 0) is 11.2 Å². The van der Waals surface area contributed by atoms with Gasteiger partial charge in [-0.2, -0.15) is 5.26 Å². The van der Waals surface area contributed by atoms with Crippen LogP contribution in [-0.4, -0.2) is 38.9 Å². The molecule has 1 unspecified atom stereocenters. The minimum absolute atomic E-state index is 0.0806. The lowest BCUT2D eigenvalue weighted by atomic mass is 9.95. The topological polar surface area (TPSA) is 48.3 Å². The van der Waals surface area contributed by atoms with Gasteiger partial charge in [0.2, 0.25) is 0 Å². The van der Waals surface area contributed by atoms with Crippen LogP contribution in [0.25, 0.3) is 11.1 Å². The van der Waals surface area contributed by atoms with Crippen molar-refractivity contribution < 1.29 is 9.13 Å². The van der Waals surface area contributed by atoms with Gasteiger partial charge in [0.15, 0.2) is 0 Å². The Kier molecular flexibility index (Phi) is 4.87. The molecule has 0 aliphatic carbocycles. The number of halogens is 1. The van der Waals surface area contributed by atoms with Crippen LogP contribution in [0, 0.1) is 17.1 Å². The highest BCUT2D eigenvalue weighted by Crippen LogP contribution is 2.35. The van der Waals surface area contributed by atoms with Crippen molar-refractivity contribution in [2.45, 2.75) is 18.9 Å². The van der Waals surface area contributed by atoms with E-state index in [9.17, 15) is 4.39 Å². The molecule has 0 bridgehead atoms. The van der Waals surface area contributed by atoms with Crippen molar-refractivity contribution in [1.82, 2.24) is 5.32 Å². The molecule has 134 valence electrons. The molecule has 0 amide bonds. The van der Waals surface area contributed by atoms with Gasteiger partial charge in [0.25, 0.3) is 0 Å². The molecule has 2 heterocycles. The van der Waals surface area contributed by atoms with E-state index in [0.717, 1.165) is 56.0 Å². The monoisotopic (exact) mass is 351 g/mol. The van der Waals surface area contributed by atoms with Crippen LogP contribution in [0.1, 0.15) is 17.5 Å². The molecule has 0 saturated carbocycles. The maximum atomic E-state index is 14.2. The van der Waals surface area contributed by atoms with Crippen LogP contribution in [0.15, 0.2) is 36.4 Å². The number of benzene rings is 2. The summed E-state index contributed by atoms with van der Waals surface area (Å²) in [4.78, 5) is 2.31. The number of hydrogen-bond acceptors (Lipinski definition) is 4. The summed E-state index contributed by atoms with van der Waals surface area (Å²) in [6, 6.07) is 13.2. The Bertz CT molecular complexity index is 836. The molecule has 5 heteroatoms. The van der Waals surface area contributed by atoms with Gasteiger partial charge in [-0.25, -0.2) is 4.39 Å². The van der Waals surface area contributed by atoms with Crippen LogP contribution in [0.4, 0.5) is 10.1 Å². The maximum Gasteiger partial charge on any atom is 0.141 e. The molecule has 4 nitrogen and oxygen atoms in total. The van der Waals surface area contributed by atoms with Crippen molar-refractivity contribution in [3.63, 3.8) is 0 Å². The Labute approximate surface area is 153 Å². The standard InChI is InChI=1S/C21H22FN3O/c22-20-12-16(3-4-17(20)13-23)19-11-15(10-18-14-24-6-9-26-18)2-5-21(19)25-7-1-8-25/h2-5,11-12,18,24H,1,6-10,14H2. The highest BCUT2D eigenvalue weighted by Gasteiger charge is 2.21. The molecule has 2 saturated heterocycles. The number of morpholine rings is 1. The van der Waals surface area contributed by atoms with Crippen LogP contribution < -0.4 is 10.2 Å². The van der Waals surface area contributed by atoms with Gasteiger partial charge >= 0.3 is 0 Å².